The molecule has 0 heterocycles. The van der Waals surface area contributed by atoms with Crippen molar-refractivity contribution in [2.75, 3.05) is 40.5 Å². The molecule has 0 spiro atoms. The first kappa shape index (κ1) is 21.9. The van der Waals surface area contributed by atoms with Gasteiger partial charge in [0, 0.05) is 40.5 Å². The van der Waals surface area contributed by atoms with E-state index in [1.807, 2.05) is 7.05 Å². The fourth-order valence-electron chi connectivity index (χ4n) is 2.60. The summed E-state index contributed by atoms with van der Waals surface area (Å²) in [7, 11) is 3.60. The Hall–Kier alpha value is -0.0800. The Morgan fingerprint density at radius 1 is 1.23 bits per heavy atom. The van der Waals surface area contributed by atoms with Crippen molar-refractivity contribution >= 4 is 29.9 Å². The number of nitrogens with one attached hydrogen (secondary N) is 2. The lowest BCUT2D eigenvalue weighted by atomic mass is 9.67. The van der Waals surface area contributed by atoms with Crippen LogP contribution in [0.3, 0.4) is 0 Å². The number of halogens is 1. The lowest BCUT2D eigenvalue weighted by molar-refractivity contribution is 0.0729. The zero-order valence-electron chi connectivity index (χ0n) is 14.6. The van der Waals surface area contributed by atoms with Gasteiger partial charge >= 0.3 is 0 Å². The van der Waals surface area contributed by atoms with Gasteiger partial charge in [-0.15, -0.1) is 24.0 Å². The SMILES string of the molecule is CN=C(NCCCOC(C)C)NCC1(CCOC)CCC1.I. The second-order valence-electron chi connectivity index (χ2n) is 6.22. The van der Waals surface area contributed by atoms with Crippen molar-refractivity contribution in [1.29, 1.82) is 0 Å². The summed E-state index contributed by atoms with van der Waals surface area (Å²) in [4.78, 5) is 4.28. The first-order valence-corrected chi connectivity index (χ1v) is 8.17. The van der Waals surface area contributed by atoms with Crippen LogP contribution in [0.15, 0.2) is 4.99 Å². The Morgan fingerprint density at radius 3 is 2.45 bits per heavy atom. The van der Waals surface area contributed by atoms with E-state index in [0.29, 0.717) is 11.5 Å². The Morgan fingerprint density at radius 2 is 1.95 bits per heavy atom. The van der Waals surface area contributed by atoms with Crippen LogP contribution < -0.4 is 10.6 Å². The van der Waals surface area contributed by atoms with E-state index in [9.17, 15) is 0 Å². The molecular weight excluding hydrogens is 393 g/mol. The molecule has 22 heavy (non-hydrogen) atoms. The third-order valence-electron chi connectivity index (χ3n) is 4.17. The van der Waals surface area contributed by atoms with Crippen LogP contribution in [-0.4, -0.2) is 52.5 Å². The molecule has 132 valence electrons. The molecule has 5 nitrogen and oxygen atoms in total. The fourth-order valence-corrected chi connectivity index (χ4v) is 2.60. The number of methoxy groups -OCH3 is 1. The molecule has 0 unspecified atom stereocenters. The molecular formula is C16H34IN3O2. The largest absolute Gasteiger partial charge is 0.385 e. The van der Waals surface area contributed by atoms with E-state index in [2.05, 4.69) is 29.5 Å². The van der Waals surface area contributed by atoms with Gasteiger partial charge in [0.1, 0.15) is 0 Å². The molecule has 0 aromatic heterocycles. The summed E-state index contributed by atoms with van der Waals surface area (Å²) < 4.78 is 10.8. The number of hydrogen-bond donors (Lipinski definition) is 2. The predicted octanol–water partition coefficient (Wildman–Crippen LogP) is 2.79. The maximum absolute atomic E-state index is 5.53. The number of nitrogens with zero attached hydrogens (tertiary/aromatic N) is 1. The van der Waals surface area contributed by atoms with Crippen molar-refractivity contribution in [3.8, 4) is 0 Å². The molecule has 6 heteroatoms. The van der Waals surface area contributed by atoms with E-state index in [1.165, 1.54) is 19.3 Å². The normalized spacial score (nSPS) is 16.9. The molecule has 0 aromatic rings. The topological polar surface area (TPSA) is 54.9 Å². The fraction of sp³-hybridized carbons (Fsp3) is 0.938. The van der Waals surface area contributed by atoms with Gasteiger partial charge in [-0.1, -0.05) is 6.42 Å². The summed E-state index contributed by atoms with van der Waals surface area (Å²) >= 11 is 0. The second-order valence-corrected chi connectivity index (χ2v) is 6.22. The van der Waals surface area contributed by atoms with Gasteiger partial charge in [-0.2, -0.15) is 0 Å². The third kappa shape index (κ3) is 8.53. The highest BCUT2D eigenvalue weighted by atomic mass is 127. The average Bonchev–Trinajstić information content (AvgIpc) is 2.42. The highest BCUT2D eigenvalue weighted by Crippen LogP contribution is 2.43. The van der Waals surface area contributed by atoms with E-state index in [4.69, 9.17) is 9.47 Å². The molecule has 0 bridgehead atoms. The lowest BCUT2D eigenvalue weighted by Gasteiger charge is -2.42. The summed E-state index contributed by atoms with van der Waals surface area (Å²) in [5, 5.41) is 6.81. The number of guanidine groups is 1. The van der Waals surface area contributed by atoms with Gasteiger partial charge in [0.25, 0.3) is 0 Å². The van der Waals surface area contributed by atoms with Crippen LogP contribution in [-0.2, 0) is 9.47 Å². The molecule has 1 rings (SSSR count). The van der Waals surface area contributed by atoms with Crippen molar-refractivity contribution in [2.45, 2.75) is 52.1 Å². The van der Waals surface area contributed by atoms with Crippen LogP contribution in [0.2, 0.25) is 0 Å². The van der Waals surface area contributed by atoms with Gasteiger partial charge in [-0.3, -0.25) is 4.99 Å². The van der Waals surface area contributed by atoms with Gasteiger partial charge in [-0.25, -0.2) is 0 Å². The standard InChI is InChI=1S/C16H33N3O2.HI/c1-14(2)21-11-6-10-18-15(17-3)19-13-16(7-5-8-16)9-12-20-4;/h14H,5-13H2,1-4H3,(H2,17,18,19);1H. The molecule has 0 atom stereocenters. The number of hydrogen-bond acceptors (Lipinski definition) is 3. The smallest absolute Gasteiger partial charge is 0.190 e. The Balaban J connectivity index is 0.00000441. The minimum absolute atomic E-state index is 0. The minimum atomic E-state index is 0. The van der Waals surface area contributed by atoms with Crippen LogP contribution in [0.4, 0.5) is 0 Å². The molecule has 0 saturated heterocycles. The summed E-state index contributed by atoms with van der Waals surface area (Å²) in [5.41, 5.74) is 0.411. The lowest BCUT2D eigenvalue weighted by Crippen LogP contribution is -2.47. The molecule has 0 aliphatic heterocycles. The summed E-state index contributed by atoms with van der Waals surface area (Å²) in [6.45, 7) is 7.63. The summed E-state index contributed by atoms with van der Waals surface area (Å²) in [6.07, 6.45) is 6.36. The van der Waals surface area contributed by atoms with Crippen LogP contribution in [0.1, 0.15) is 46.0 Å². The summed E-state index contributed by atoms with van der Waals surface area (Å²) in [6, 6.07) is 0. The Kier molecular flexibility index (Phi) is 12.3. The molecule has 0 amide bonds. The first-order chi connectivity index (χ1) is 10.1. The van der Waals surface area contributed by atoms with Gasteiger partial charge in [0.15, 0.2) is 5.96 Å². The van der Waals surface area contributed by atoms with Crippen molar-refractivity contribution < 1.29 is 9.47 Å². The monoisotopic (exact) mass is 427 g/mol. The molecule has 2 N–H and O–H groups in total. The maximum Gasteiger partial charge on any atom is 0.190 e. The van der Waals surface area contributed by atoms with Gasteiger partial charge in [0.05, 0.1) is 6.10 Å². The van der Waals surface area contributed by atoms with Crippen LogP contribution in [0.25, 0.3) is 0 Å². The minimum Gasteiger partial charge on any atom is -0.385 e. The highest BCUT2D eigenvalue weighted by molar-refractivity contribution is 14.0. The highest BCUT2D eigenvalue weighted by Gasteiger charge is 2.36. The predicted molar refractivity (Wildman–Crippen MR) is 103 cm³/mol. The average molecular weight is 427 g/mol. The number of aliphatic imine (C=N–C) groups is 1. The molecule has 1 aliphatic rings. The second kappa shape index (κ2) is 12.4. The van der Waals surface area contributed by atoms with E-state index < -0.39 is 0 Å². The van der Waals surface area contributed by atoms with Gasteiger partial charge in [0.2, 0.25) is 0 Å². The van der Waals surface area contributed by atoms with Crippen molar-refractivity contribution in [3.63, 3.8) is 0 Å². The zero-order chi connectivity index (χ0) is 15.6. The van der Waals surface area contributed by atoms with Crippen molar-refractivity contribution in [3.05, 3.63) is 0 Å². The molecule has 1 saturated carbocycles. The first-order valence-electron chi connectivity index (χ1n) is 8.17. The third-order valence-corrected chi connectivity index (χ3v) is 4.17. The quantitative estimate of drug-likeness (QED) is 0.244. The van der Waals surface area contributed by atoms with Crippen LogP contribution >= 0.6 is 24.0 Å². The van der Waals surface area contributed by atoms with E-state index in [0.717, 1.165) is 45.1 Å². The van der Waals surface area contributed by atoms with E-state index >= 15 is 0 Å². The number of ether oxygens (including phenoxy) is 2. The zero-order valence-corrected chi connectivity index (χ0v) is 16.9. The van der Waals surface area contributed by atoms with Crippen molar-refractivity contribution in [1.82, 2.24) is 10.6 Å². The van der Waals surface area contributed by atoms with Crippen LogP contribution in [0.5, 0.6) is 0 Å². The molecule has 1 fully saturated rings. The van der Waals surface area contributed by atoms with Crippen LogP contribution in [0, 0.1) is 5.41 Å². The van der Waals surface area contributed by atoms with Crippen molar-refractivity contribution in [2.24, 2.45) is 10.4 Å². The Bertz CT molecular complexity index is 308. The van der Waals surface area contributed by atoms with E-state index in [-0.39, 0.29) is 24.0 Å². The maximum atomic E-state index is 5.53. The molecule has 1 aliphatic carbocycles. The van der Waals surface area contributed by atoms with E-state index in [1.54, 1.807) is 7.11 Å². The number of rotatable bonds is 10. The van der Waals surface area contributed by atoms with Gasteiger partial charge in [-0.05, 0) is 44.9 Å². The Labute approximate surface area is 153 Å². The molecule has 0 radical (unpaired) electrons. The van der Waals surface area contributed by atoms with Gasteiger partial charge < -0.3 is 20.1 Å². The molecule has 0 aromatic carbocycles. The summed E-state index contributed by atoms with van der Waals surface area (Å²) in [5.74, 6) is 0.892.